The van der Waals surface area contributed by atoms with Gasteiger partial charge in [-0.05, 0) is 37.5 Å². The van der Waals surface area contributed by atoms with E-state index in [-0.39, 0.29) is 25.7 Å². The van der Waals surface area contributed by atoms with Crippen LogP contribution in [0.15, 0.2) is 0 Å². The van der Waals surface area contributed by atoms with Gasteiger partial charge in [0.2, 0.25) is 0 Å². The van der Waals surface area contributed by atoms with Gasteiger partial charge in [-0.1, -0.05) is 420 Å². The molecule has 0 aromatic heterocycles. The molecule has 107 heavy (non-hydrogen) atoms. The van der Waals surface area contributed by atoms with Crippen molar-refractivity contribution in [2.75, 3.05) is 39.6 Å². The van der Waals surface area contributed by atoms with E-state index in [0.717, 1.165) is 102 Å². The Hall–Kier alpha value is -1.94. The van der Waals surface area contributed by atoms with Crippen molar-refractivity contribution >= 4 is 39.5 Å². The fourth-order valence-corrected chi connectivity index (χ4v) is 15.3. The fraction of sp³-hybridized carbons (Fsp3) is 0.955. The minimum atomic E-state index is -4.97. The Morgan fingerprint density at radius 2 is 0.477 bits per heavy atom. The Labute approximate surface area is 658 Å². The van der Waals surface area contributed by atoms with Crippen molar-refractivity contribution in [1.82, 2.24) is 0 Å². The number of hydrogen-bond donors (Lipinski definition) is 3. The highest BCUT2D eigenvalue weighted by Crippen LogP contribution is 2.45. The highest BCUT2D eigenvalue weighted by molar-refractivity contribution is 7.47. The van der Waals surface area contributed by atoms with E-state index in [0.29, 0.717) is 25.7 Å². The van der Waals surface area contributed by atoms with E-state index in [4.69, 9.17) is 37.0 Å². The lowest BCUT2D eigenvalue weighted by Gasteiger charge is -2.21. The Kier molecular flexibility index (Phi) is 77.9. The van der Waals surface area contributed by atoms with E-state index in [1.807, 2.05) is 0 Å². The summed E-state index contributed by atoms with van der Waals surface area (Å²) < 4.78 is 69.0. The van der Waals surface area contributed by atoms with E-state index in [1.54, 1.807) is 0 Å². The van der Waals surface area contributed by atoms with Crippen molar-refractivity contribution in [3.63, 3.8) is 0 Å². The van der Waals surface area contributed by atoms with E-state index >= 15 is 0 Å². The van der Waals surface area contributed by atoms with Gasteiger partial charge in [0.25, 0.3) is 0 Å². The highest BCUT2D eigenvalue weighted by atomic mass is 31.2. The zero-order valence-corrected chi connectivity index (χ0v) is 72.2. The number of aliphatic hydroxyl groups is 1. The van der Waals surface area contributed by atoms with Crippen molar-refractivity contribution in [2.45, 2.75) is 490 Å². The third-order valence-electron chi connectivity index (χ3n) is 21.1. The van der Waals surface area contributed by atoms with Crippen molar-refractivity contribution < 1.29 is 80.2 Å². The van der Waals surface area contributed by atoms with Gasteiger partial charge in [0.05, 0.1) is 26.4 Å². The number of hydrogen-bond acceptors (Lipinski definition) is 15. The number of esters is 4. The average molecular weight is 1560 g/mol. The second-order valence-electron chi connectivity index (χ2n) is 32.4. The molecule has 0 aromatic carbocycles. The van der Waals surface area contributed by atoms with Gasteiger partial charge in [0.1, 0.15) is 19.3 Å². The lowest BCUT2D eigenvalue weighted by atomic mass is 9.99. The summed E-state index contributed by atoms with van der Waals surface area (Å²) in [6.07, 6.45) is 72.2. The summed E-state index contributed by atoms with van der Waals surface area (Å²) in [5.41, 5.74) is 0. The molecule has 0 bridgehead atoms. The molecule has 6 atom stereocenters. The lowest BCUT2D eigenvalue weighted by Crippen LogP contribution is -2.30. The van der Waals surface area contributed by atoms with Crippen molar-refractivity contribution in [3.05, 3.63) is 0 Å². The molecule has 636 valence electrons. The summed E-state index contributed by atoms with van der Waals surface area (Å²) in [6, 6.07) is 0. The molecule has 3 N–H and O–H groups in total. The predicted octanol–water partition coefficient (Wildman–Crippen LogP) is 27.0. The maximum absolute atomic E-state index is 13.2. The third-order valence-corrected chi connectivity index (χ3v) is 23.0. The maximum atomic E-state index is 13.2. The smallest absolute Gasteiger partial charge is 0.462 e. The number of rotatable bonds is 87. The van der Waals surface area contributed by atoms with E-state index in [1.165, 1.54) is 289 Å². The molecule has 0 amide bonds. The second kappa shape index (κ2) is 79.3. The van der Waals surface area contributed by atoms with Gasteiger partial charge in [0, 0.05) is 25.7 Å². The molecule has 0 saturated heterocycles. The topological polar surface area (TPSA) is 237 Å². The standard InChI is InChI=1S/C88H172O17P2/c1-7-10-12-14-16-18-20-22-24-25-26-30-34-37-41-45-52-58-64-70-85(90)98-76-83(104-87(92)73-67-61-55-47-43-39-35-31-28-27-29-33-36-40-44-50-56-62-68-80(4)5)78-102-106(94,95)100-74-82(89)75-101-107(96,97)103-79-84(77-99-86(91)71-65-59-53-49-48-51-57-63-69-81(6)9-3)105-88(93)72-66-60-54-46-42-38-32-23-21-19-17-15-13-11-8-2/h80-84,89H,7-79H2,1-6H3,(H,94,95)(H,96,97)/t81?,82-,83-,84-/m1/s1. The average Bonchev–Trinajstić information content (AvgIpc) is 0.908. The maximum Gasteiger partial charge on any atom is 0.472 e. The van der Waals surface area contributed by atoms with Crippen molar-refractivity contribution in [2.24, 2.45) is 11.8 Å². The number of phosphoric ester groups is 2. The monoisotopic (exact) mass is 1560 g/mol. The van der Waals surface area contributed by atoms with Crippen LogP contribution in [0.5, 0.6) is 0 Å². The van der Waals surface area contributed by atoms with Crippen LogP contribution < -0.4 is 0 Å². The summed E-state index contributed by atoms with van der Waals surface area (Å²) >= 11 is 0. The van der Waals surface area contributed by atoms with Gasteiger partial charge in [-0.25, -0.2) is 9.13 Å². The molecule has 0 saturated carbocycles. The van der Waals surface area contributed by atoms with Crippen LogP contribution in [0.1, 0.15) is 472 Å². The van der Waals surface area contributed by atoms with Crippen LogP contribution >= 0.6 is 15.6 Å². The summed E-state index contributed by atoms with van der Waals surface area (Å²) in [5, 5.41) is 10.7. The minimum Gasteiger partial charge on any atom is -0.462 e. The Balaban J connectivity index is 5.25. The highest BCUT2D eigenvalue weighted by Gasteiger charge is 2.31. The molecule has 19 heteroatoms. The normalized spacial score (nSPS) is 14.0. The molecular formula is C88H172O17P2. The van der Waals surface area contributed by atoms with Gasteiger partial charge >= 0.3 is 39.5 Å². The van der Waals surface area contributed by atoms with Crippen LogP contribution in [0.2, 0.25) is 0 Å². The van der Waals surface area contributed by atoms with Crippen LogP contribution in [0, 0.1) is 11.8 Å². The first-order chi connectivity index (χ1) is 51.9. The van der Waals surface area contributed by atoms with Gasteiger partial charge in [-0.3, -0.25) is 37.3 Å². The molecular weight excluding hydrogens is 1390 g/mol. The van der Waals surface area contributed by atoms with Crippen LogP contribution in [-0.4, -0.2) is 96.7 Å². The Bertz CT molecular complexity index is 2050. The summed E-state index contributed by atoms with van der Waals surface area (Å²) in [5.74, 6) is -0.501. The number of unbranched alkanes of at least 4 members (excludes halogenated alkanes) is 56. The molecule has 0 aliphatic carbocycles. The molecule has 17 nitrogen and oxygen atoms in total. The van der Waals surface area contributed by atoms with Gasteiger partial charge in [-0.2, -0.15) is 0 Å². The third kappa shape index (κ3) is 80.5. The lowest BCUT2D eigenvalue weighted by molar-refractivity contribution is -0.161. The molecule has 0 fully saturated rings. The molecule has 0 heterocycles. The number of carbonyl (C=O) groups excluding carboxylic acids is 4. The van der Waals surface area contributed by atoms with E-state index in [2.05, 4.69) is 41.5 Å². The quantitative estimate of drug-likeness (QED) is 0.0222. The van der Waals surface area contributed by atoms with Crippen molar-refractivity contribution in [1.29, 1.82) is 0 Å². The van der Waals surface area contributed by atoms with Gasteiger partial charge < -0.3 is 33.8 Å². The number of phosphoric acid groups is 2. The fourth-order valence-electron chi connectivity index (χ4n) is 13.7. The zero-order valence-electron chi connectivity index (χ0n) is 70.5. The number of ether oxygens (including phenoxy) is 4. The number of aliphatic hydroxyl groups excluding tert-OH is 1. The molecule has 0 aliphatic heterocycles. The first-order valence-corrected chi connectivity index (χ1v) is 48.5. The zero-order chi connectivity index (χ0) is 78.5. The molecule has 0 rings (SSSR count). The van der Waals surface area contributed by atoms with Crippen LogP contribution in [0.25, 0.3) is 0 Å². The van der Waals surface area contributed by atoms with Crippen LogP contribution in [0.4, 0.5) is 0 Å². The molecule has 0 radical (unpaired) electrons. The SMILES string of the molecule is CCCCCCCCCCCCCCCCCCCCCC(=O)OC[C@H](COP(=O)(O)OC[C@@H](O)COP(=O)(O)OC[C@@H](COC(=O)CCCCCCCCCCC(C)CC)OC(=O)CCCCCCCCCCCCCCCCC)OC(=O)CCCCCCCCCCCCCCCCCCCCC(C)C. The summed E-state index contributed by atoms with van der Waals surface area (Å²) in [6.45, 7) is 9.73. The van der Waals surface area contributed by atoms with E-state index in [9.17, 15) is 43.2 Å². The second-order valence-corrected chi connectivity index (χ2v) is 35.3. The van der Waals surface area contributed by atoms with Crippen molar-refractivity contribution in [3.8, 4) is 0 Å². The van der Waals surface area contributed by atoms with Crippen LogP contribution in [0.3, 0.4) is 0 Å². The summed E-state index contributed by atoms with van der Waals surface area (Å²) in [4.78, 5) is 73.3. The Morgan fingerprint density at radius 3 is 0.710 bits per heavy atom. The largest absolute Gasteiger partial charge is 0.472 e. The summed E-state index contributed by atoms with van der Waals surface area (Å²) in [7, 11) is -9.93. The first-order valence-electron chi connectivity index (χ1n) is 45.5. The van der Waals surface area contributed by atoms with Gasteiger partial charge in [-0.15, -0.1) is 0 Å². The van der Waals surface area contributed by atoms with Gasteiger partial charge in [0.15, 0.2) is 12.2 Å². The predicted molar refractivity (Wildman–Crippen MR) is 442 cm³/mol. The molecule has 3 unspecified atom stereocenters. The minimum absolute atomic E-state index is 0.108. The number of carbonyl (C=O) groups is 4. The molecule has 0 aliphatic rings. The molecule has 0 aromatic rings. The van der Waals surface area contributed by atoms with E-state index < -0.39 is 97.5 Å². The first kappa shape index (κ1) is 105. The van der Waals surface area contributed by atoms with Crippen LogP contribution in [-0.2, 0) is 65.4 Å². The Morgan fingerprint density at radius 1 is 0.271 bits per heavy atom. The molecule has 0 spiro atoms.